The van der Waals surface area contributed by atoms with E-state index >= 15 is 0 Å². The Morgan fingerprint density at radius 3 is 2.47 bits per heavy atom. The highest BCUT2D eigenvalue weighted by atomic mass is 35.5. The first kappa shape index (κ1) is 10.8. The van der Waals surface area contributed by atoms with Gasteiger partial charge in [-0.25, -0.2) is 0 Å². The van der Waals surface area contributed by atoms with Gasteiger partial charge in [0, 0.05) is 11.8 Å². The highest BCUT2D eigenvalue weighted by Crippen LogP contribution is 2.51. The lowest BCUT2D eigenvalue weighted by Gasteiger charge is -2.14. The first-order chi connectivity index (χ1) is 7.03. The van der Waals surface area contributed by atoms with Crippen molar-refractivity contribution in [2.75, 3.05) is 0 Å². The minimum atomic E-state index is -0.265. The van der Waals surface area contributed by atoms with E-state index < -0.39 is 0 Å². The highest BCUT2D eigenvalue weighted by molar-refractivity contribution is 6.42. The van der Waals surface area contributed by atoms with Crippen molar-refractivity contribution < 1.29 is 4.79 Å². The molecule has 0 atom stereocenters. The number of halogens is 2. The number of carbonyl (C=O) groups excluding carboxylic acids is 1. The maximum absolute atomic E-state index is 10.9. The van der Waals surface area contributed by atoms with Gasteiger partial charge in [0.15, 0.2) is 0 Å². The van der Waals surface area contributed by atoms with Gasteiger partial charge in [-0.2, -0.15) is 0 Å². The van der Waals surface area contributed by atoms with E-state index in [1.54, 1.807) is 6.07 Å². The molecule has 15 heavy (non-hydrogen) atoms. The Hall–Kier alpha value is -0.730. The number of benzene rings is 1. The standard InChI is InChI=1S/C11H11Cl2NO/c12-8-2-1-7(5-9(8)13)11(3-4-11)6-10(14)15/h1-2,5H,3-4,6H2,(H2,14,15). The van der Waals surface area contributed by atoms with E-state index in [1.165, 1.54) is 0 Å². The fourth-order valence-electron chi connectivity index (χ4n) is 1.88. The molecule has 0 spiro atoms. The largest absolute Gasteiger partial charge is 0.370 e. The normalized spacial score (nSPS) is 17.5. The Balaban J connectivity index is 2.29. The second-order valence-electron chi connectivity index (χ2n) is 4.05. The third kappa shape index (κ3) is 2.11. The number of nitrogens with two attached hydrogens (primary N) is 1. The summed E-state index contributed by atoms with van der Waals surface area (Å²) in [5.74, 6) is -0.265. The Morgan fingerprint density at radius 1 is 1.33 bits per heavy atom. The number of hydrogen-bond acceptors (Lipinski definition) is 1. The Morgan fingerprint density at radius 2 is 2.00 bits per heavy atom. The van der Waals surface area contributed by atoms with Gasteiger partial charge in [-0.1, -0.05) is 29.3 Å². The second kappa shape index (κ2) is 3.69. The van der Waals surface area contributed by atoms with Crippen LogP contribution >= 0.6 is 23.2 Å². The van der Waals surface area contributed by atoms with Crippen LogP contribution < -0.4 is 5.73 Å². The summed E-state index contributed by atoms with van der Waals surface area (Å²) in [7, 11) is 0. The summed E-state index contributed by atoms with van der Waals surface area (Å²) in [5.41, 5.74) is 6.22. The average molecular weight is 244 g/mol. The van der Waals surface area contributed by atoms with E-state index in [0.29, 0.717) is 16.5 Å². The predicted octanol–water partition coefficient (Wildman–Crippen LogP) is 2.90. The van der Waals surface area contributed by atoms with Crippen LogP contribution in [0.4, 0.5) is 0 Å². The Labute approximate surface area is 98.4 Å². The summed E-state index contributed by atoms with van der Waals surface area (Å²) in [6.45, 7) is 0. The van der Waals surface area contributed by atoms with Gasteiger partial charge in [0.2, 0.25) is 5.91 Å². The van der Waals surface area contributed by atoms with E-state index in [4.69, 9.17) is 28.9 Å². The average Bonchev–Trinajstić information content (AvgIpc) is 2.89. The van der Waals surface area contributed by atoms with Crippen molar-refractivity contribution >= 4 is 29.1 Å². The maximum Gasteiger partial charge on any atom is 0.218 e. The maximum atomic E-state index is 10.9. The van der Waals surface area contributed by atoms with E-state index in [1.807, 2.05) is 12.1 Å². The van der Waals surface area contributed by atoms with Crippen molar-refractivity contribution in [1.29, 1.82) is 0 Å². The lowest BCUT2D eigenvalue weighted by atomic mass is 9.92. The molecule has 1 amide bonds. The zero-order valence-corrected chi connectivity index (χ0v) is 9.61. The van der Waals surface area contributed by atoms with Crippen LogP contribution in [-0.2, 0) is 10.2 Å². The molecule has 0 aromatic heterocycles. The Kier molecular flexibility index (Phi) is 2.65. The summed E-state index contributed by atoms with van der Waals surface area (Å²) in [4.78, 5) is 10.9. The van der Waals surface area contributed by atoms with Crippen LogP contribution in [0, 0.1) is 0 Å². The molecule has 1 fully saturated rings. The topological polar surface area (TPSA) is 43.1 Å². The van der Waals surface area contributed by atoms with Gasteiger partial charge in [-0.3, -0.25) is 4.79 Å². The highest BCUT2D eigenvalue weighted by Gasteiger charge is 2.45. The smallest absolute Gasteiger partial charge is 0.218 e. The number of rotatable bonds is 3. The molecule has 1 aliphatic rings. The molecule has 1 aromatic carbocycles. The van der Waals surface area contributed by atoms with Gasteiger partial charge >= 0.3 is 0 Å². The van der Waals surface area contributed by atoms with Crippen LogP contribution in [0.3, 0.4) is 0 Å². The van der Waals surface area contributed by atoms with Crippen molar-refractivity contribution in [3.05, 3.63) is 33.8 Å². The SMILES string of the molecule is NC(=O)CC1(c2ccc(Cl)c(Cl)c2)CC1. The van der Waals surface area contributed by atoms with Crippen molar-refractivity contribution in [2.24, 2.45) is 5.73 Å². The van der Waals surface area contributed by atoms with Crippen LogP contribution in [0.25, 0.3) is 0 Å². The third-order valence-corrected chi connectivity index (χ3v) is 3.64. The van der Waals surface area contributed by atoms with Crippen molar-refractivity contribution in [3.8, 4) is 0 Å². The van der Waals surface area contributed by atoms with Crippen LogP contribution in [0.1, 0.15) is 24.8 Å². The van der Waals surface area contributed by atoms with Gasteiger partial charge in [-0.15, -0.1) is 0 Å². The van der Waals surface area contributed by atoms with E-state index in [0.717, 1.165) is 18.4 Å². The molecule has 4 heteroatoms. The van der Waals surface area contributed by atoms with Crippen LogP contribution in [0.15, 0.2) is 18.2 Å². The minimum absolute atomic E-state index is 0.0694. The number of amides is 1. The molecule has 1 saturated carbocycles. The number of primary amides is 1. The molecule has 0 bridgehead atoms. The van der Waals surface area contributed by atoms with Crippen molar-refractivity contribution in [3.63, 3.8) is 0 Å². The van der Waals surface area contributed by atoms with Crippen LogP contribution in [0.2, 0.25) is 10.0 Å². The lowest BCUT2D eigenvalue weighted by Crippen LogP contribution is -2.19. The quantitative estimate of drug-likeness (QED) is 0.872. The molecule has 0 aliphatic heterocycles. The Bertz CT molecular complexity index is 413. The summed E-state index contributed by atoms with van der Waals surface area (Å²) in [6, 6.07) is 5.52. The van der Waals surface area contributed by atoms with Gasteiger partial charge in [0.25, 0.3) is 0 Å². The predicted molar refractivity (Wildman–Crippen MR) is 61.2 cm³/mol. The third-order valence-electron chi connectivity index (χ3n) is 2.90. The van der Waals surface area contributed by atoms with Crippen LogP contribution in [0.5, 0.6) is 0 Å². The molecular weight excluding hydrogens is 233 g/mol. The molecule has 1 aliphatic carbocycles. The second-order valence-corrected chi connectivity index (χ2v) is 4.87. The zero-order chi connectivity index (χ0) is 11.1. The van der Waals surface area contributed by atoms with E-state index in [9.17, 15) is 4.79 Å². The lowest BCUT2D eigenvalue weighted by molar-refractivity contribution is -0.118. The molecule has 2 nitrogen and oxygen atoms in total. The molecule has 0 heterocycles. The summed E-state index contributed by atoms with van der Waals surface area (Å²) in [6.07, 6.45) is 2.38. The monoisotopic (exact) mass is 243 g/mol. The van der Waals surface area contributed by atoms with Crippen molar-refractivity contribution in [2.45, 2.75) is 24.7 Å². The number of carbonyl (C=O) groups is 1. The minimum Gasteiger partial charge on any atom is -0.370 e. The van der Waals surface area contributed by atoms with E-state index in [-0.39, 0.29) is 11.3 Å². The molecule has 80 valence electrons. The number of hydrogen-bond donors (Lipinski definition) is 1. The van der Waals surface area contributed by atoms with Gasteiger partial charge in [0.1, 0.15) is 0 Å². The van der Waals surface area contributed by atoms with Gasteiger partial charge in [0.05, 0.1) is 10.0 Å². The van der Waals surface area contributed by atoms with Crippen molar-refractivity contribution in [1.82, 2.24) is 0 Å². The molecular formula is C11H11Cl2NO. The van der Waals surface area contributed by atoms with Gasteiger partial charge < -0.3 is 5.73 Å². The first-order valence-electron chi connectivity index (χ1n) is 4.77. The summed E-state index contributed by atoms with van der Waals surface area (Å²) < 4.78 is 0. The molecule has 0 unspecified atom stereocenters. The first-order valence-corrected chi connectivity index (χ1v) is 5.53. The van der Waals surface area contributed by atoms with Gasteiger partial charge in [-0.05, 0) is 30.5 Å². The zero-order valence-electron chi connectivity index (χ0n) is 8.09. The van der Waals surface area contributed by atoms with Crippen LogP contribution in [-0.4, -0.2) is 5.91 Å². The molecule has 2 rings (SSSR count). The molecule has 1 aromatic rings. The summed E-state index contributed by atoms with van der Waals surface area (Å²) >= 11 is 11.8. The molecule has 2 N–H and O–H groups in total. The summed E-state index contributed by atoms with van der Waals surface area (Å²) in [5, 5.41) is 1.07. The fraction of sp³-hybridized carbons (Fsp3) is 0.364. The van der Waals surface area contributed by atoms with E-state index in [2.05, 4.69) is 0 Å². The fourth-order valence-corrected chi connectivity index (χ4v) is 2.18. The molecule has 0 radical (unpaired) electrons. The molecule has 0 saturated heterocycles.